The predicted octanol–water partition coefficient (Wildman–Crippen LogP) is 13.9. The lowest BCUT2D eigenvalue weighted by molar-refractivity contribution is 1.18. The van der Waals surface area contributed by atoms with E-state index in [1.54, 1.807) is 12.4 Å². The Morgan fingerprint density at radius 1 is 0.365 bits per heavy atom. The molecule has 2 aliphatic rings. The molecule has 0 saturated carbocycles. The van der Waals surface area contributed by atoms with E-state index in [4.69, 9.17) is 9.98 Å². The third kappa shape index (κ3) is 5.67. The van der Waals surface area contributed by atoms with Gasteiger partial charge >= 0.3 is 0 Å². The van der Waals surface area contributed by atoms with Crippen molar-refractivity contribution >= 4 is 78.0 Å². The molecule has 0 aliphatic carbocycles. The van der Waals surface area contributed by atoms with E-state index in [1.807, 2.05) is 36.4 Å². The average Bonchev–Trinajstić information content (AvgIpc) is 4.00. The van der Waals surface area contributed by atoms with Crippen molar-refractivity contribution in [3.8, 4) is 39.1 Å². The Morgan fingerprint density at radius 2 is 0.889 bits per heavy atom. The van der Waals surface area contributed by atoms with Crippen molar-refractivity contribution in [3.63, 3.8) is 0 Å². The summed E-state index contributed by atoms with van der Waals surface area (Å²) in [6, 6.07) is 66.8. The highest BCUT2D eigenvalue weighted by Gasteiger charge is 2.25. The summed E-state index contributed by atoms with van der Waals surface area (Å²) in [5.41, 5.74) is 14.6. The Morgan fingerprint density at radius 3 is 1.43 bits per heavy atom. The van der Waals surface area contributed by atoms with Crippen molar-refractivity contribution in [2.75, 3.05) is 10.6 Å². The largest absolute Gasteiger partial charge is 0.339 e. The Kier molecular flexibility index (Phi) is 7.77. The quantitative estimate of drug-likeness (QED) is 0.175. The lowest BCUT2D eigenvalue weighted by Crippen LogP contribution is -2.06. The molecular weight excluding hydrogens is 771 g/mol. The highest BCUT2D eigenvalue weighted by molar-refractivity contribution is 6.29. The molecule has 3 aromatic heterocycles. The van der Waals surface area contributed by atoms with Crippen molar-refractivity contribution in [3.05, 3.63) is 212 Å². The van der Waals surface area contributed by atoms with Crippen LogP contribution in [0.5, 0.6) is 0 Å². The van der Waals surface area contributed by atoms with E-state index in [0.29, 0.717) is 11.6 Å². The van der Waals surface area contributed by atoms with Crippen LogP contribution in [-0.4, -0.2) is 26.2 Å². The second-order valence-corrected chi connectivity index (χ2v) is 16.0. The van der Waals surface area contributed by atoms with Gasteiger partial charge in [0.05, 0.1) is 11.0 Å². The van der Waals surface area contributed by atoms with Crippen LogP contribution in [0.3, 0.4) is 0 Å². The van der Waals surface area contributed by atoms with Gasteiger partial charge in [-0.1, -0.05) is 127 Å². The van der Waals surface area contributed by atoms with E-state index < -0.39 is 0 Å². The van der Waals surface area contributed by atoms with Crippen LogP contribution >= 0.6 is 0 Å². The standard InChI is InChI=1S/C56H35N7/c1-2-11-34(12-3-1)35-13-8-14-38(31-35)63-49-32-36(39-25-27-47-53-43(39)15-9-17-45(53)55(59-47)61-51-19-4-6-29-57-51)21-23-41(49)42-24-22-37(33-50(42)63)40-26-28-48-54-44(40)16-10-18-46(54)56(60-48)62-52-20-5-7-30-58-52/h1-33H,(H,57,59,61)(H,58,60,62). The lowest BCUT2D eigenvalue weighted by atomic mass is 9.94. The number of hydrogen-bond donors (Lipinski definition) is 2. The van der Waals surface area contributed by atoms with Gasteiger partial charge in [0.15, 0.2) is 11.6 Å². The summed E-state index contributed by atoms with van der Waals surface area (Å²) in [7, 11) is 0. The number of fused-ring (bicyclic) bond motifs is 3. The number of nitrogens with zero attached hydrogens (tertiary/aromatic N) is 5. The van der Waals surface area contributed by atoms with Gasteiger partial charge in [0.1, 0.15) is 11.7 Å². The van der Waals surface area contributed by atoms with Crippen molar-refractivity contribution in [2.24, 2.45) is 9.98 Å². The number of benzene rings is 8. The zero-order valence-electron chi connectivity index (χ0n) is 33.8. The SMILES string of the molecule is c1ccc(-c2cccc(-n3c4cc(-c5ccc6c7c(cccc57)C(=Nc5ccccn5)N6)ccc4c4ccc(-c5ccc6c7c(cccc57)C(=Nc5ccccn5)N6)cc43)c2)cc1. The second kappa shape index (κ2) is 13.9. The van der Waals surface area contributed by atoms with Crippen LogP contribution in [0.25, 0.3) is 82.4 Å². The molecule has 7 nitrogen and oxygen atoms in total. The van der Waals surface area contributed by atoms with Crippen LogP contribution in [0.4, 0.5) is 23.0 Å². The number of pyridine rings is 2. The minimum atomic E-state index is 0.675. The Hall–Kier alpha value is -8.68. The van der Waals surface area contributed by atoms with Crippen LogP contribution in [0.1, 0.15) is 11.1 Å². The molecule has 5 heterocycles. The normalized spacial score (nSPS) is 14.0. The van der Waals surface area contributed by atoms with E-state index in [0.717, 1.165) is 62.0 Å². The fraction of sp³-hybridized carbons (Fsp3) is 0. The molecule has 0 saturated heterocycles. The molecule has 2 N–H and O–H groups in total. The van der Waals surface area contributed by atoms with Gasteiger partial charge in [-0.2, -0.15) is 0 Å². The molecule has 0 spiro atoms. The summed E-state index contributed by atoms with van der Waals surface area (Å²) in [6.45, 7) is 0. The minimum Gasteiger partial charge on any atom is -0.339 e. The van der Waals surface area contributed by atoms with Gasteiger partial charge in [0.2, 0.25) is 0 Å². The Balaban J connectivity index is 1.00. The average molecular weight is 806 g/mol. The zero-order valence-corrected chi connectivity index (χ0v) is 33.8. The lowest BCUT2D eigenvalue weighted by Gasteiger charge is -2.13. The van der Waals surface area contributed by atoms with Crippen molar-refractivity contribution < 1.29 is 0 Å². The third-order valence-electron chi connectivity index (χ3n) is 12.4. The summed E-state index contributed by atoms with van der Waals surface area (Å²) in [4.78, 5) is 18.7. The van der Waals surface area contributed by atoms with Crippen molar-refractivity contribution in [1.29, 1.82) is 0 Å². The molecule has 7 heteroatoms. The summed E-state index contributed by atoms with van der Waals surface area (Å²) >= 11 is 0. The summed E-state index contributed by atoms with van der Waals surface area (Å²) < 4.78 is 2.45. The highest BCUT2D eigenvalue weighted by Crippen LogP contribution is 2.44. The van der Waals surface area contributed by atoms with Crippen LogP contribution in [-0.2, 0) is 0 Å². The summed E-state index contributed by atoms with van der Waals surface area (Å²) in [5, 5.41) is 14.2. The number of aromatic nitrogens is 3. The maximum atomic E-state index is 4.90. The molecule has 0 fully saturated rings. The number of anilines is 2. The Labute approximate surface area is 362 Å². The topological polar surface area (TPSA) is 79.5 Å². The summed E-state index contributed by atoms with van der Waals surface area (Å²) in [5.74, 6) is 2.97. The monoisotopic (exact) mass is 805 g/mol. The molecule has 0 bridgehead atoms. The first-order valence-corrected chi connectivity index (χ1v) is 21.1. The summed E-state index contributed by atoms with van der Waals surface area (Å²) in [6.07, 6.45) is 3.55. The van der Waals surface area contributed by atoms with Crippen molar-refractivity contribution in [1.82, 2.24) is 14.5 Å². The molecule has 63 heavy (non-hydrogen) atoms. The van der Waals surface area contributed by atoms with Gasteiger partial charge in [0, 0.05) is 62.1 Å². The van der Waals surface area contributed by atoms with Crippen LogP contribution in [0, 0.1) is 0 Å². The van der Waals surface area contributed by atoms with E-state index in [9.17, 15) is 0 Å². The van der Waals surface area contributed by atoms with Crippen LogP contribution in [0.15, 0.2) is 210 Å². The number of amidine groups is 2. The van der Waals surface area contributed by atoms with E-state index in [-0.39, 0.29) is 0 Å². The molecule has 13 rings (SSSR count). The number of nitrogens with one attached hydrogen (secondary N) is 2. The van der Waals surface area contributed by atoms with Crippen LogP contribution in [0.2, 0.25) is 0 Å². The number of hydrogen-bond acceptors (Lipinski definition) is 4. The van der Waals surface area contributed by atoms with E-state index in [1.165, 1.54) is 54.6 Å². The Bertz CT molecular complexity index is 3520. The molecule has 11 aromatic rings. The first kappa shape index (κ1) is 35.1. The van der Waals surface area contributed by atoms with Gasteiger partial charge in [-0.05, 0) is 105 Å². The van der Waals surface area contributed by atoms with Gasteiger partial charge < -0.3 is 15.2 Å². The van der Waals surface area contributed by atoms with Gasteiger partial charge in [0.25, 0.3) is 0 Å². The fourth-order valence-corrected chi connectivity index (χ4v) is 9.64. The van der Waals surface area contributed by atoms with Gasteiger partial charge in [-0.15, -0.1) is 0 Å². The first-order chi connectivity index (χ1) is 31.2. The number of aliphatic imine (C=N–C) groups is 2. The molecule has 0 radical (unpaired) electrons. The molecule has 294 valence electrons. The van der Waals surface area contributed by atoms with E-state index in [2.05, 4.69) is 177 Å². The predicted molar refractivity (Wildman–Crippen MR) is 260 cm³/mol. The van der Waals surface area contributed by atoms with Gasteiger partial charge in [-0.3, -0.25) is 0 Å². The zero-order chi connectivity index (χ0) is 41.4. The third-order valence-corrected chi connectivity index (χ3v) is 12.4. The first-order valence-electron chi connectivity index (χ1n) is 21.1. The maximum Gasteiger partial charge on any atom is 0.154 e. The highest BCUT2D eigenvalue weighted by atomic mass is 15.1. The molecular formula is C56H35N7. The van der Waals surface area contributed by atoms with Crippen LogP contribution < -0.4 is 10.6 Å². The molecule has 2 aliphatic heterocycles. The minimum absolute atomic E-state index is 0.675. The second-order valence-electron chi connectivity index (χ2n) is 16.0. The van der Waals surface area contributed by atoms with E-state index >= 15 is 0 Å². The molecule has 0 unspecified atom stereocenters. The maximum absolute atomic E-state index is 4.90. The molecule has 0 atom stereocenters. The van der Waals surface area contributed by atoms with Gasteiger partial charge in [-0.25, -0.2) is 20.0 Å². The smallest absolute Gasteiger partial charge is 0.154 e. The number of rotatable bonds is 6. The molecule has 8 aromatic carbocycles. The molecule has 0 amide bonds. The fourth-order valence-electron chi connectivity index (χ4n) is 9.64. The van der Waals surface area contributed by atoms with Crippen molar-refractivity contribution in [2.45, 2.75) is 0 Å².